The molecule has 0 aliphatic heterocycles. The van der Waals surface area contributed by atoms with Gasteiger partial charge in [-0.25, -0.2) is 0 Å². The average Bonchev–Trinajstić information content (AvgIpc) is 2.84. The molecule has 116 valence electrons. The summed E-state index contributed by atoms with van der Waals surface area (Å²) in [6.07, 6.45) is 12.0. The molecule has 2 nitrogen and oxygen atoms in total. The lowest BCUT2D eigenvalue weighted by molar-refractivity contribution is -0.143. The van der Waals surface area contributed by atoms with Crippen LogP contribution < -0.4 is 0 Å². The standard InChI is InChI=1S/C19H28O2/c1-2-19-11-16(20)18-13-6-4-3-5-12(13)7-8-14(18)15(19)9-10-17(19)21/h5,13-16,18,20H,2-4,6-11H2,1H3/t13?,14?,15-,16?,18?,19?/m0/s1. The number of ketones is 1. The monoisotopic (exact) mass is 288 g/mol. The van der Waals surface area contributed by atoms with E-state index in [9.17, 15) is 9.90 Å². The number of aliphatic hydroxyl groups excluding tert-OH is 1. The summed E-state index contributed by atoms with van der Waals surface area (Å²) in [5.41, 5.74) is 1.46. The summed E-state index contributed by atoms with van der Waals surface area (Å²) in [5.74, 6) is 2.68. The van der Waals surface area contributed by atoms with E-state index in [1.165, 1.54) is 32.1 Å². The van der Waals surface area contributed by atoms with Crippen LogP contribution in [0.3, 0.4) is 0 Å². The molecule has 6 atom stereocenters. The van der Waals surface area contributed by atoms with E-state index in [2.05, 4.69) is 13.0 Å². The molecule has 0 aromatic rings. The van der Waals surface area contributed by atoms with E-state index < -0.39 is 0 Å². The second-order valence-corrected chi connectivity index (χ2v) is 7.95. The highest BCUT2D eigenvalue weighted by atomic mass is 16.3. The van der Waals surface area contributed by atoms with Gasteiger partial charge in [0.1, 0.15) is 5.78 Å². The molecule has 0 amide bonds. The minimum atomic E-state index is -0.250. The summed E-state index contributed by atoms with van der Waals surface area (Å²) < 4.78 is 0. The van der Waals surface area contributed by atoms with Crippen molar-refractivity contribution in [2.24, 2.45) is 29.1 Å². The van der Waals surface area contributed by atoms with E-state index >= 15 is 0 Å². The molecule has 0 aromatic heterocycles. The molecule has 0 saturated heterocycles. The van der Waals surface area contributed by atoms with E-state index in [-0.39, 0.29) is 11.5 Å². The van der Waals surface area contributed by atoms with Gasteiger partial charge in [0.25, 0.3) is 0 Å². The topological polar surface area (TPSA) is 37.3 Å². The fourth-order valence-corrected chi connectivity index (χ4v) is 6.56. The molecule has 2 heteroatoms. The highest BCUT2D eigenvalue weighted by Crippen LogP contribution is 2.61. The first-order valence-corrected chi connectivity index (χ1v) is 9.07. The average molecular weight is 288 g/mol. The van der Waals surface area contributed by atoms with Crippen molar-refractivity contribution in [3.05, 3.63) is 11.6 Å². The Morgan fingerprint density at radius 2 is 2.14 bits per heavy atom. The quantitative estimate of drug-likeness (QED) is 0.743. The van der Waals surface area contributed by atoms with Gasteiger partial charge in [-0.1, -0.05) is 18.6 Å². The molecule has 0 spiro atoms. The molecule has 4 aliphatic carbocycles. The van der Waals surface area contributed by atoms with Crippen molar-refractivity contribution in [3.8, 4) is 0 Å². The van der Waals surface area contributed by atoms with Gasteiger partial charge >= 0.3 is 0 Å². The summed E-state index contributed by atoms with van der Waals surface area (Å²) in [6.45, 7) is 2.16. The van der Waals surface area contributed by atoms with Crippen molar-refractivity contribution >= 4 is 5.78 Å². The first kappa shape index (κ1) is 14.0. The first-order chi connectivity index (χ1) is 10.2. The number of aliphatic hydroxyl groups is 1. The highest BCUT2D eigenvalue weighted by molar-refractivity contribution is 5.87. The highest BCUT2D eigenvalue weighted by Gasteiger charge is 2.60. The van der Waals surface area contributed by atoms with Gasteiger partial charge in [-0.05, 0) is 75.0 Å². The van der Waals surface area contributed by atoms with Crippen LogP contribution in [0, 0.1) is 29.1 Å². The van der Waals surface area contributed by atoms with E-state index in [1.807, 2.05) is 0 Å². The predicted molar refractivity (Wildman–Crippen MR) is 82.7 cm³/mol. The number of carbonyl (C=O) groups excluding carboxylic acids is 1. The fraction of sp³-hybridized carbons (Fsp3) is 0.842. The van der Waals surface area contributed by atoms with E-state index in [1.54, 1.807) is 5.57 Å². The SMILES string of the molecule is CCC12CC(O)C3C4CCCC=C4CCC3[C@@H]1CCC2=O. The van der Waals surface area contributed by atoms with Crippen LogP contribution in [0.4, 0.5) is 0 Å². The number of allylic oxidation sites excluding steroid dienone is 2. The second kappa shape index (κ2) is 4.94. The number of Topliss-reactive ketones (excluding diaryl/α,β-unsaturated/α-hetero) is 1. The molecule has 5 unspecified atom stereocenters. The lowest BCUT2D eigenvalue weighted by atomic mass is 9.50. The van der Waals surface area contributed by atoms with Gasteiger partial charge in [0.05, 0.1) is 6.10 Å². The number of rotatable bonds is 1. The Kier molecular flexibility index (Phi) is 3.29. The number of carbonyl (C=O) groups is 1. The normalized spacial score (nSPS) is 49.1. The molecular weight excluding hydrogens is 260 g/mol. The first-order valence-electron chi connectivity index (χ1n) is 9.07. The van der Waals surface area contributed by atoms with Crippen molar-refractivity contribution in [2.45, 2.75) is 70.8 Å². The fourth-order valence-electron chi connectivity index (χ4n) is 6.56. The van der Waals surface area contributed by atoms with Crippen molar-refractivity contribution in [1.29, 1.82) is 0 Å². The van der Waals surface area contributed by atoms with Gasteiger partial charge in [0.15, 0.2) is 0 Å². The third-order valence-corrected chi connectivity index (χ3v) is 7.44. The van der Waals surface area contributed by atoms with Gasteiger partial charge < -0.3 is 5.11 Å². The third-order valence-electron chi connectivity index (χ3n) is 7.44. The van der Waals surface area contributed by atoms with Crippen LogP contribution in [0.1, 0.15) is 64.7 Å². The number of hydrogen-bond acceptors (Lipinski definition) is 2. The van der Waals surface area contributed by atoms with Crippen LogP contribution in [-0.2, 0) is 4.79 Å². The van der Waals surface area contributed by atoms with Crippen LogP contribution in [0.2, 0.25) is 0 Å². The Bertz CT molecular complexity index is 480. The minimum absolute atomic E-state index is 0.170. The van der Waals surface area contributed by atoms with Gasteiger partial charge in [0.2, 0.25) is 0 Å². The van der Waals surface area contributed by atoms with Gasteiger partial charge in [-0.15, -0.1) is 0 Å². The molecule has 0 heterocycles. The maximum Gasteiger partial charge on any atom is 0.139 e. The molecule has 1 N–H and O–H groups in total. The summed E-state index contributed by atoms with van der Waals surface area (Å²) in [6, 6.07) is 0. The van der Waals surface area contributed by atoms with Crippen LogP contribution in [0.25, 0.3) is 0 Å². The molecule has 3 fully saturated rings. The Morgan fingerprint density at radius 3 is 2.95 bits per heavy atom. The molecule has 4 rings (SSSR count). The van der Waals surface area contributed by atoms with E-state index in [0.29, 0.717) is 29.5 Å². The zero-order chi connectivity index (χ0) is 14.6. The lowest BCUT2D eigenvalue weighted by Gasteiger charge is -2.55. The van der Waals surface area contributed by atoms with Crippen LogP contribution in [-0.4, -0.2) is 17.0 Å². The van der Waals surface area contributed by atoms with Gasteiger partial charge in [-0.3, -0.25) is 4.79 Å². The molecule has 0 bridgehead atoms. The van der Waals surface area contributed by atoms with Crippen molar-refractivity contribution in [2.75, 3.05) is 0 Å². The predicted octanol–water partition coefficient (Wildman–Crippen LogP) is 3.88. The van der Waals surface area contributed by atoms with Gasteiger partial charge in [0, 0.05) is 11.8 Å². The molecule has 4 aliphatic rings. The van der Waals surface area contributed by atoms with Crippen molar-refractivity contribution < 1.29 is 9.90 Å². The number of fused-ring (bicyclic) bond motifs is 5. The summed E-state index contributed by atoms with van der Waals surface area (Å²) >= 11 is 0. The van der Waals surface area contributed by atoms with Crippen molar-refractivity contribution in [3.63, 3.8) is 0 Å². The molecule has 3 saturated carbocycles. The van der Waals surface area contributed by atoms with E-state index in [0.717, 1.165) is 25.7 Å². The smallest absolute Gasteiger partial charge is 0.139 e. The lowest BCUT2D eigenvalue weighted by Crippen LogP contribution is -2.53. The summed E-state index contributed by atoms with van der Waals surface area (Å²) in [7, 11) is 0. The van der Waals surface area contributed by atoms with Crippen LogP contribution in [0.5, 0.6) is 0 Å². The zero-order valence-corrected chi connectivity index (χ0v) is 13.2. The van der Waals surface area contributed by atoms with Crippen LogP contribution in [0.15, 0.2) is 11.6 Å². The maximum atomic E-state index is 12.5. The molecule has 0 radical (unpaired) electrons. The largest absolute Gasteiger partial charge is 0.393 e. The molecular formula is C19H28O2. The minimum Gasteiger partial charge on any atom is -0.393 e. The molecule has 21 heavy (non-hydrogen) atoms. The number of hydrogen-bond donors (Lipinski definition) is 1. The van der Waals surface area contributed by atoms with E-state index in [4.69, 9.17) is 0 Å². The summed E-state index contributed by atoms with van der Waals surface area (Å²) in [4.78, 5) is 12.5. The Balaban J connectivity index is 1.70. The second-order valence-electron chi connectivity index (χ2n) is 7.95. The maximum absolute atomic E-state index is 12.5. The van der Waals surface area contributed by atoms with Crippen LogP contribution >= 0.6 is 0 Å². The molecule has 0 aromatic carbocycles. The summed E-state index contributed by atoms with van der Waals surface area (Å²) in [5, 5.41) is 10.9. The Hall–Kier alpha value is -0.630. The Morgan fingerprint density at radius 1 is 1.29 bits per heavy atom. The van der Waals surface area contributed by atoms with Crippen molar-refractivity contribution in [1.82, 2.24) is 0 Å². The zero-order valence-electron chi connectivity index (χ0n) is 13.2. The Labute approximate surface area is 128 Å². The third kappa shape index (κ3) is 1.84. The van der Waals surface area contributed by atoms with Gasteiger partial charge in [-0.2, -0.15) is 0 Å².